The molecule has 1 aromatic rings. The number of nitrogens with one attached hydrogen (secondary N) is 1. The summed E-state index contributed by atoms with van der Waals surface area (Å²) in [5.41, 5.74) is 2.60. The van der Waals surface area contributed by atoms with Crippen LogP contribution in [0.3, 0.4) is 0 Å². The second-order valence-corrected chi connectivity index (χ2v) is 2.99. The molecule has 0 amide bonds. The third-order valence-corrected chi connectivity index (χ3v) is 2.84. The first-order chi connectivity index (χ1) is 3.72. The Morgan fingerprint density at radius 1 is 1.50 bits per heavy atom. The zero-order valence-corrected chi connectivity index (χ0v) is 7.11. The van der Waals surface area contributed by atoms with Gasteiger partial charge in [-0.2, -0.15) is 0 Å². The second-order valence-electron chi connectivity index (χ2n) is 1.91. The van der Waals surface area contributed by atoms with E-state index in [1.165, 1.54) is 14.8 Å². The van der Waals surface area contributed by atoms with E-state index >= 15 is 0 Å². The van der Waals surface area contributed by atoms with E-state index in [2.05, 4.69) is 41.4 Å². The number of H-pyrrole nitrogens is 1. The van der Waals surface area contributed by atoms with E-state index in [0.29, 0.717) is 0 Å². The molecule has 1 N–H and O–H groups in total. The summed E-state index contributed by atoms with van der Waals surface area (Å²) in [7, 11) is 0. The first kappa shape index (κ1) is 6.13. The number of rotatable bonds is 0. The summed E-state index contributed by atoms with van der Waals surface area (Å²) in [5.74, 6) is 0. The lowest BCUT2D eigenvalue weighted by atomic mass is 10.4. The van der Waals surface area contributed by atoms with Gasteiger partial charge in [0.25, 0.3) is 0 Å². The van der Waals surface area contributed by atoms with Crippen molar-refractivity contribution in [3.63, 3.8) is 0 Å². The Kier molecular flexibility index (Phi) is 1.60. The van der Waals surface area contributed by atoms with E-state index in [0.717, 1.165) is 0 Å². The minimum Gasteiger partial charge on any atom is -0.364 e. The van der Waals surface area contributed by atoms with Gasteiger partial charge in [0.1, 0.15) is 0 Å². The smallest absolute Gasteiger partial charge is 0.0363 e. The van der Waals surface area contributed by atoms with E-state index in [-0.39, 0.29) is 0 Å². The van der Waals surface area contributed by atoms with Crippen LogP contribution in [0.5, 0.6) is 0 Å². The van der Waals surface area contributed by atoms with Crippen LogP contribution in [-0.2, 0) is 0 Å². The predicted molar refractivity (Wildman–Crippen MR) is 43.0 cm³/mol. The molecule has 0 bridgehead atoms. The number of aryl methyl sites for hydroxylation is 2. The molecule has 0 spiro atoms. The summed E-state index contributed by atoms with van der Waals surface area (Å²) < 4.78 is 1.35. The summed E-state index contributed by atoms with van der Waals surface area (Å²) in [6.45, 7) is 4.18. The summed E-state index contributed by atoms with van der Waals surface area (Å²) in [5, 5.41) is 0. The molecule has 0 radical (unpaired) electrons. The molecule has 0 fully saturated rings. The maximum atomic E-state index is 3.13. The molecule has 2 heteroatoms. The van der Waals surface area contributed by atoms with Crippen molar-refractivity contribution in [2.24, 2.45) is 0 Å². The fraction of sp³-hybridized carbons (Fsp3) is 0.333. The first-order valence-electron chi connectivity index (χ1n) is 2.52. The molecule has 1 heterocycles. The standard InChI is InChI=1S/C6H8IN/c1-4-3-8-5(2)6(4)7/h3,8H,1-2H3. The van der Waals surface area contributed by atoms with Gasteiger partial charge < -0.3 is 4.98 Å². The highest BCUT2D eigenvalue weighted by atomic mass is 127. The monoisotopic (exact) mass is 221 g/mol. The Labute approximate surface area is 62.6 Å². The van der Waals surface area contributed by atoms with Crippen molar-refractivity contribution >= 4 is 22.6 Å². The molecule has 0 aliphatic rings. The van der Waals surface area contributed by atoms with Gasteiger partial charge >= 0.3 is 0 Å². The van der Waals surface area contributed by atoms with E-state index in [9.17, 15) is 0 Å². The van der Waals surface area contributed by atoms with Crippen LogP contribution in [0, 0.1) is 17.4 Å². The zero-order valence-electron chi connectivity index (χ0n) is 4.96. The minimum absolute atomic E-state index is 1.27. The van der Waals surface area contributed by atoms with Crippen LogP contribution in [0.2, 0.25) is 0 Å². The third kappa shape index (κ3) is 0.891. The van der Waals surface area contributed by atoms with Gasteiger partial charge in [-0.15, -0.1) is 0 Å². The van der Waals surface area contributed by atoms with Crippen molar-refractivity contribution in [2.45, 2.75) is 13.8 Å². The Morgan fingerprint density at radius 3 is 2.25 bits per heavy atom. The SMILES string of the molecule is Cc1c[nH]c(C)c1I. The van der Waals surface area contributed by atoms with Gasteiger partial charge in [-0.25, -0.2) is 0 Å². The normalized spacial score (nSPS) is 9.88. The number of aromatic amines is 1. The molecule has 1 aromatic heterocycles. The number of hydrogen-bond donors (Lipinski definition) is 1. The minimum atomic E-state index is 1.27. The molecule has 0 aliphatic carbocycles. The molecule has 0 saturated heterocycles. The largest absolute Gasteiger partial charge is 0.364 e. The highest BCUT2D eigenvalue weighted by Crippen LogP contribution is 2.13. The maximum Gasteiger partial charge on any atom is 0.0363 e. The number of halogens is 1. The van der Waals surface area contributed by atoms with Crippen molar-refractivity contribution in [3.8, 4) is 0 Å². The van der Waals surface area contributed by atoms with Crippen molar-refractivity contribution < 1.29 is 0 Å². The fourth-order valence-corrected chi connectivity index (χ4v) is 0.950. The van der Waals surface area contributed by atoms with Crippen molar-refractivity contribution in [3.05, 3.63) is 21.0 Å². The maximum absolute atomic E-state index is 3.13. The van der Waals surface area contributed by atoms with Crippen LogP contribution < -0.4 is 0 Å². The summed E-state index contributed by atoms with van der Waals surface area (Å²) >= 11 is 2.33. The number of aromatic nitrogens is 1. The molecule has 0 atom stereocenters. The van der Waals surface area contributed by atoms with E-state index in [1.54, 1.807) is 0 Å². The van der Waals surface area contributed by atoms with Crippen LogP contribution in [0.15, 0.2) is 6.20 Å². The summed E-state index contributed by atoms with van der Waals surface area (Å²) in [6.07, 6.45) is 2.02. The van der Waals surface area contributed by atoms with Gasteiger partial charge in [-0.1, -0.05) is 0 Å². The molecule has 0 unspecified atom stereocenters. The Balaban J connectivity index is 3.19. The highest BCUT2D eigenvalue weighted by Gasteiger charge is 1.96. The summed E-state index contributed by atoms with van der Waals surface area (Å²) in [4.78, 5) is 3.13. The summed E-state index contributed by atoms with van der Waals surface area (Å²) in [6, 6.07) is 0. The van der Waals surface area contributed by atoms with Gasteiger partial charge in [0.05, 0.1) is 0 Å². The van der Waals surface area contributed by atoms with E-state index in [4.69, 9.17) is 0 Å². The third-order valence-electron chi connectivity index (χ3n) is 1.18. The van der Waals surface area contributed by atoms with Gasteiger partial charge in [0.2, 0.25) is 0 Å². The van der Waals surface area contributed by atoms with Gasteiger partial charge in [0.15, 0.2) is 0 Å². The average Bonchev–Trinajstić information content (AvgIpc) is 1.98. The predicted octanol–water partition coefficient (Wildman–Crippen LogP) is 2.24. The highest BCUT2D eigenvalue weighted by molar-refractivity contribution is 14.1. The van der Waals surface area contributed by atoms with Crippen molar-refractivity contribution in [1.82, 2.24) is 4.98 Å². The van der Waals surface area contributed by atoms with Crippen LogP contribution in [-0.4, -0.2) is 4.98 Å². The van der Waals surface area contributed by atoms with E-state index < -0.39 is 0 Å². The quantitative estimate of drug-likeness (QED) is 0.646. The lowest BCUT2D eigenvalue weighted by molar-refractivity contribution is 1.25. The van der Waals surface area contributed by atoms with Gasteiger partial charge in [-0.05, 0) is 42.0 Å². The molecule has 8 heavy (non-hydrogen) atoms. The zero-order chi connectivity index (χ0) is 6.15. The molecule has 0 aromatic carbocycles. The van der Waals surface area contributed by atoms with Crippen molar-refractivity contribution in [2.75, 3.05) is 0 Å². The molecule has 44 valence electrons. The number of hydrogen-bond acceptors (Lipinski definition) is 0. The lowest BCUT2D eigenvalue weighted by Crippen LogP contribution is -1.71. The fourth-order valence-electron chi connectivity index (χ4n) is 0.639. The van der Waals surface area contributed by atoms with Crippen LogP contribution >= 0.6 is 22.6 Å². The molecule has 1 rings (SSSR count). The molecular weight excluding hydrogens is 213 g/mol. The van der Waals surface area contributed by atoms with E-state index in [1.807, 2.05) is 6.20 Å². The molecule has 0 saturated carbocycles. The first-order valence-corrected chi connectivity index (χ1v) is 3.60. The Hall–Kier alpha value is 0.01000. The molecular formula is C6H8IN. The second kappa shape index (κ2) is 2.09. The average molecular weight is 221 g/mol. The van der Waals surface area contributed by atoms with Crippen LogP contribution in [0.1, 0.15) is 11.3 Å². The molecule has 0 aliphatic heterocycles. The Bertz CT molecular complexity index is 171. The Morgan fingerprint density at radius 2 is 2.12 bits per heavy atom. The van der Waals surface area contributed by atoms with Crippen LogP contribution in [0.4, 0.5) is 0 Å². The van der Waals surface area contributed by atoms with Crippen molar-refractivity contribution in [1.29, 1.82) is 0 Å². The lowest BCUT2D eigenvalue weighted by Gasteiger charge is -1.84. The van der Waals surface area contributed by atoms with Gasteiger partial charge in [-0.3, -0.25) is 0 Å². The van der Waals surface area contributed by atoms with Gasteiger partial charge in [0, 0.05) is 15.5 Å². The molecule has 1 nitrogen and oxygen atoms in total. The van der Waals surface area contributed by atoms with Crippen LogP contribution in [0.25, 0.3) is 0 Å². The topological polar surface area (TPSA) is 15.8 Å².